The summed E-state index contributed by atoms with van der Waals surface area (Å²) in [7, 11) is 0. The van der Waals surface area contributed by atoms with Crippen LogP contribution in [0.1, 0.15) is 76.4 Å². The summed E-state index contributed by atoms with van der Waals surface area (Å²) in [6.07, 6.45) is 7.35. The third kappa shape index (κ3) is 4.51. The molecule has 2 aromatic heterocycles. The van der Waals surface area contributed by atoms with E-state index in [1.807, 2.05) is 24.3 Å². The van der Waals surface area contributed by atoms with Gasteiger partial charge in [0, 0.05) is 17.8 Å². The van der Waals surface area contributed by atoms with Gasteiger partial charge in [-0.1, -0.05) is 25.3 Å². The zero-order chi connectivity index (χ0) is 24.5. The maximum Gasteiger partial charge on any atom is 0.335 e. The standard InChI is InChI=1S/C26H25N3O5S/c30-24(31)16-12-15(13-17(14-16)25(32)33)20-9-10-21(34-20)23-22(19-8-4-5-11-27-19)28-26(35)29(23)18-6-2-1-3-7-18/h4-5,8-14,18,22-23H,1-3,6-7H2,(H,28,35)(H,30,31)(H,32,33)/t22-,23+/m0/s1. The Morgan fingerprint density at radius 1 is 1.00 bits per heavy atom. The zero-order valence-corrected chi connectivity index (χ0v) is 19.7. The Kier molecular flexibility index (Phi) is 6.25. The Labute approximate surface area is 207 Å². The Morgan fingerprint density at radius 2 is 1.71 bits per heavy atom. The fourth-order valence-corrected chi connectivity index (χ4v) is 5.50. The molecule has 1 aliphatic carbocycles. The van der Waals surface area contributed by atoms with Gasteiger partial charge >= 0.3 is 11.9 Å². The van der Waals surface area contributed by atoms with Crippen molar-refractivity contribution in [3.8, 4) is 11.3 Å². The Morgan fingerprint density at radius 3 is 2.34 bits per heavy atom. The molecule has 3 aromatic rings. The van der Waals surface area contributed by atoms with Crippen LogP contribution in [-0.4, -0.2) is 43.2 Å². The highest BCUT2D eigenvalue weighted by molar-refractivity contribution is 7.80. The van der Waals surface area contributed by atoms with E-state index in [9.17, 15) is 19.8 Å². The topological polar surface area (TPSA) is 116 Å². The normalized spacial score (nSPS) is 20.6. The lowest BCUT2D eigenvalue weighted by molar-refractivity contribution is 0.0696. The first kappa shape index (κ1) is 23.0. The van der Waals surface area contributed by atoms with Gasteiger partial charge in [-0.05, 0) is 67.5 Å². The molecule has 180 valence electrons. The van der Waals surface area contributed by atoms with Crippen LogP contribution in [0.25, 0.3) is 11.3 Å². The third-order valence-corrected chi connectivity index (χ3v) is 7.06. The second-order valence-corrected chi connectivity index (χ2v) is 9.32. The van der Waals surface area contributed by atoms with E-state index in [1.54, 1.807) is 12.3 Å². The minimum atomic E-state index is -1.20. The summed E-state index contributed by atoms with van der Waals surface area (Å²) in [6.45, 7) is 0. The molecule has 2 fully saturated rings. The molecule has 1 aliphatic heterocycles. The molecular weight excluding hydrogens is 466 g/mol. The minimum Gasteiger partial charge on any atom is -0.478 e. The number of nitrogens with one attached hydrogen (secondary N) is 1. The number of pyridine rings is 1. The van der Waals surface area contributed by atoms with E-state index < -0.39 is 11.9 Å². The number of hydrogen-bond donors (Lipinski definition) is 3. The average Bonchev–Trinajstić information content (AvgIpc) is 3.49. The van der Waals surface area contributed by atoms with Crippen molar-refractivity contribution in [2.75, 3.05) is 0 Å². The van der Waals surface area contributed by atoms with E-state index in [0.717, 1.165) is 37.4 Å². The fourth-order valence-electron chi connectivity index (χ4n) is 5.11. The smallest absolute Gasteiger partial charge is 0.335 e. The van der Waals surface area contributed by atoms with Crippen LogP contribution in [0.2, 0.25) is 0 Å². The molecule has 2 atom stereocenters. The molecular formula is C26H25N3O5S. The molecule has 0 bridgehead atoms. The van der Waals surface area contributed by atoms with Crippen molar-refractivity contribution in [2.24, 2.45) is 0 Å². The first-order chi connectivity index (χ1) is 16.9. The maximum atomic E-state index is 11.6. The lowest BCUT2D eigenvalue weighted by Gasteiger charge is -2.36. The molecule has 0 radical (unpaired) electrons. The lowest BCUT2D eigenvalue weighted by atomic mass is 9.92. The van der Waals surface area contributed by atoms with Crippen molar-refractivity contribution < 1.29 is 24.2 Å². The number of furan rings is 1. The predicted octanol–water partition coefficient (Wildman–Crippen LogP) is 5.04. The number of rotatable bonds is 6. The molecule has 8 nitrogen and oxygen atoms in total. The Balaban J connectivity index is 1.56. The van der Waals surface area contributed by atoms with Gasteiger partial charge in [0.25, 0.3) is 0 Å². The average molecular weight is 492 g/mol. The lowest BCUT2D eigenvalue weighted by Crippen LogP contribution is -2.40. The number of aromatic carboxylic acids is 2. The molecule has 2 aliphatic rings. The molecule has 1 saturated carbocycles. The monoisotopic (exact) mass is 491 g/mol. The maximum absolute atomic E-state index is 11.6. The highest BCUT2D eigenvalue weighted by atomic mass is 32.1. The summed E-state index contributed by atoms with van der Waals surface area (Å²) in [4.78, 5) is 29.9. The van der Waals surface area contributed by atoms with Crippen LogP contribution in [0.15, 0.2) is 59.1 Å². The van der Waals surface area contributed by atoms with Gasteiger partial charge in [0.15, 0.2) is 5.11 Å². The number of aromatic nitrogens is 1. The highest BCUT2D eigenvalue weighted by Gasteiger charge is 2.44. The van der Waals surface area contributed by atoms with Crippen LogP contribution in [0.5, 0.6) is 0 Å². The molecule has 9 heteroatoms. The van der Waals surface area contributed by atoms with Gasteiger partial charge in [0.2, 0.25) is 0 Å². The number of benzene rings is 1. The fraction of sp³-hybridized carbons (Fsp3) is 0.308. The highest BCUT2D eigenvalue weighted by Crippen LogP contribution is 2.43. The van der Waals surface area contributed by atoms with Gasteiger partial charge in [-0.25, -0.2) is 9.59 Å². The molecule has 3 N–H and O–H groups in total. The number of carboxylic acid groups (broad SMARTS) is 2. The third-order valence-electron chi connectivity index (χ3n) is 6.73. The van der Waals surface area contributed by atoms with E-state index in [1.165, 1.54) is 18.6 Å². The van der Waals surface area contributed by atoms with Gasteiger partial charge in [-0.15, -0.1) is 0 Å². The van der Waals surface area contributed by atoms with Crippen molar-refractivity contribution in [3.63, 3.8) is 0 Å². The second-order valence-electron chi connectivity index (χ2n) is 8.94. The van der Waals surface area contributed by atoms with Crippen LogP contribution in [-0.2, 0) is 0 Å². The van der Waals surface area contributed by atoms with Crippen molar-refractivity contribution in [2.45, 2.75) is 50.2 Å². The molecule has 0 spiro atoms. The van der Waals surface area contributed by atoms with Gasteiger partial charge < -0.3 is 24.8 Å². The van der Waals surface area contributed by atoms with E-state index in [0.29, 0.717) is 22.2 Å². The van der Waals surface area contributed by atoms with Crippen LogP contribution in [0.3, 0.4) is 0 Å². The van der Waals surface area contributed by atoms with Gasteiger partial charge in [-0.2, -0.15) is 0 Å². The molecule has 0 amide bonds. The van der Waals surface area contributed by atoms with Gasteiger partial charge in [0.1, 0.15) is 17.6 Å². The van der Waals surface area contributed by atoms with Crippen molar-refractivity contribution in [1.82, 2.24) is 15.2 Å². The van der Waals surface area contributed by atoms with Crippen molar-refractivity contribution in [1.29, 1.82) is 0 Å². The summed E-state index contributed by atoms with van der Waals surface area (Å²) >= 11 is 5.78. The van der Waals surface area contributed by atoms with E-state index >= 15 is 0 Å². The first-order valence-corrected chi connectivity index (χ1v) is 12.0. The quantitative estimate of drug-likeness (QED) is 0.408. The Bertz CT molecular complexity index is 1240. The molecule has 3 heterocycles. The van der Waals surface area contributed by atoms with E-state index in [-0.39, 0.29) is 29.3 Å². The minimum absolute atomic E-state index is 0.114. The van der Waals surface area contributed by atoms with Gasteiger partial charge in [0.05, 0.1) is 22.9 Å². The molecule has 1 aromatic carbocycles. The SMILES string of the molecule is O=C(O)c1cc(C(=O)O)cc(-c2ccc([C@@H]3[C@H](c4ccccn4)NC(=S)N3C3CCCCC3)o2)c1. The summed E-state index contributed by atoms with van der Waals surface area (Å²) in [6, 6.07) is 13.2. The zero-order valence-electron chi connectivity index (χ0n) is 18.9. The summed E-state index contributed by atoms with van der Waals surface area (Å²) in [5, 5.41) is 23.0. The number of nitrogens with zero attached hydrogens (tertiary/aromatic N) is 2. The van der Waals surface area contributed by atoms with E-state index in [2.05, 4.69) is 15.2 Å². The molecule has 5 rings (SSSR count). The van der Waals surface area contributed by atoms with Crippen molar-refractivity contribution >= 4 is 29.3 Å². The second kappa shape index (κ2) is 9.50. The first-order valence-electron chi connectivity index (χ1n) is 11.6. The number of carbonyl (C=O) groups is 2. The van der Waals surface area contributed by atoms with Crippen LogP contribution in [0.4, 0.5) is 0 Å². The van der Waals surface area contributed by atoms with Crippen LogP contribution < -0.4 is 5.32 Å². The van der Waals surface area contributed by atoms with Crippen LogP contribution in [0, 0.1) is 0 Å². The van der Waals surface area contributed by atoms with Crippen molar-refractivity contribution in [3.05, 3.63) is 77.3 Å². The Hall–Kier alpha value is -3.72. The number of thiocarbonyl (C=S) groups is 1. The summed E-state index contributed by atoms with van der Waals surface area (Å²) in [5.41, 5.74) is 1.01. The predicted molar refractivity (Wildman–Crippen MR) is 132 cm³/mol. The van der Waals surface area contributed by atoms with Crippen LogP contribution >= 0.6 is 12.2 Å². The summed E-state index contributed by atoms with van der Waals surface area (Å²) in [5.74, 6) is -1.35. The van der Waals surface area contributed by atoms with Gasteiger partial charge in [-0.3, -0.25) is 4.98 Å². The molecule has 0 unspecified atom stereocenters. The number of carboxylic acids is 2. The molecule has 35 heavy (non-hydrogen) atoms. The molecule has 1 saturated heterocycles. The largest absolute Gasteiger partial charge is 0.478 e. The summed E-state index contributed by atoms with van der Waals surface area (Å²) < 4.78 is 6.29. The number of hydrogen-bond acceptors (Lipinski definition) is 5. The van der Waals surface area contributed by atoms with E-state index in [4.69, 9.17) is 16.6 Å².